The van der Waals surface area contributed by atoms with E-state index in [0.717, 1.165) is 12.8 Å². The van der Waals surface area contributed by atoms with Crippen LogP contribution in [0.2, 0.25) is 0 Å². The van der Waals surface area contributed by atoms with Crippen molar-refractivity contribution in [3.63, 3.8) is 0 Å². The molecule has 6 heteroatoms. The van der Waals surface area contributed by atoms with E-state index >= 15 is 0 Å². The first-order chi connectivity index (χ1) is 7.56. The van der Waals surface area contributed by atoms with E-state index in [0.29, 0.717) is 12.5 Å². The summed E-state index contributed by atoms with van der Waals surface area (Å²) in [5.74, 6) is 0.386. The van der Waals surface area contributed by atoms with Crippen LogP contribution in [0.25, 0.3) is 0 Å². The Bertz CT molecular complexity index is 347. The lowest BCUT2D eigenvalue weighted by molar-refractivity contribution is -0.121. The number of rotatable bonds is 5. The highest BCUT2D eigenvalue weighted by atomic mass is 16.2. The largest absolute Gasteiger partial charge is 0.278 e. The van der Waals surface area contributed by atoms with Gasteiger partial charge in [-0.3, -0.25) is 9.69 Å². The highest BCUT2D eigenvalue weighted by Crippen LogP contribution is 2.11. The Kier molecular flexibility index (Phi) is 4.39. The maximum Gasteiger partial charge on any atom is 0.272 e. The van der Waals surface area contributed by atoms with Crippen LogP contribution in [-0.2, 0) is 11.8 Å². The zero-order chi connectivity index (χ0) is 12.1. The van der Waals surface area contributed by atoms with Crippen molar-refractivity contribution in [3.05, 3.63) is 0 Å². The molecule has 1 aromatic heterocycles. The van der Waals surface area contributed by atoms with Crippen molar-refractivity contribution in [2.75, 3.05) is 11.4 Å². The second kappa shape index (κ2) is 5.58. The third-order valence-electron chi connectivity index (χ3n) is 2.23. The van der Waals surface area contributed by atoms with Crippen molar-refractivity contribution in [3.8, 4) is 0 Å². The highest BCUT2D eigenvalue weighted by Gasteiger charge is 2.21. The monoisotopic (exact) mass is 225 g/mol. The third kappa shape index (κ3) is 3.01. The van der Waals surface area contributed by atoms with E-state index in [1.165, 1.54) is 4.80 Å². The molecule has 0 aliphatic heterocycles. The highest BCUT2D eigenvalue weighted by molar-refractivity contribution is 5.92. The summed E-state index contributed by atoms with van der Waals surface area (Å²) in [6, 6.07) is 0. The lowest BCUT2D eigenvalue weighted by Crippen LogP contribution is -2.36. The number of anilines is 1. The molecule has 16 heavy (non-hydrogen) atoms. The van der Waals surface area contributed by atoms with Crippen LogP contribution in [0, 0.1) is 5.92 Å². The molecule has 1 rings (SSSR count). The predicted octanol–water partition coefficient (Wildman–Crippen LogP) is 0.999. The molecule has 0 unspecified atom stereocenters. The van der Waals surface area contributed by atoms with Crippen molar-refractivity contribution >= 4 is 11.9 Å². The topological polar surface area (TPSA) is 63.9 Å². The predicted molar refractivity (Wildman–Crippen MR) is 60.9 cm³/mol. The Labute approximate surface area is 95.6 Å². The van der Waals surface area contributed by atoms with Crippen molar-refractivity contribution in [1.82, 2.24) is 20.2 Å². The molecular formula is C10H19N5O. The van der Waals surface area contributed by atoms with E-state index in [9.17, 15) is 4.79 Å². The molecule has 0 bridgehead atoms. The molecule has 0 spiro atoms. The van der Waals surface area contributed by atoms with Gasteiger partial charge in [0.1, 0.15) is 0 Å². The molecular weight excluding hydrogens is 206 g/mol. The van der Waals surface area contributed by atoms with Gasteiger partial charge in [0.15, 0.2) is 0 Å². The molecule has 0 atom stereocenters. The van der Waals surface area contributed by atoms with E-state index in [4.69, 9.17) is 0 Å². The number of nitrogens with zero attached hydrogens (tertiary/aromatic N) is 5. The maximum absolute atomic E-state index is 12.0. The fraction of sp³-hybridized carbons (Fsp3) is 0.800. The number of carbonyl (C=O) groups is 1. The number of unbranched alkanes of at least 4 members (excludes halogenated alkanes) is 1. The van der Waals surface area contributed by atoms with Crippen molar-refractivity contribution in [2.24, 2.45) is 13.0 Å². The van der Waals surface area contributed by atoms with Gasteiger partial charge in [-0.25, -0.2) is 0 Å². The lowest BCUT2D eigenvalue weighted by Gasteiger charge is -2.20. The number of tetrazole rings is 1. The Morgan fingerprint density at radius 2 is 2.19 bits per heavy atom. The average Bonchev–Trinajstić information content (AvgIpc) is 2.65. The quantitative estimate of drug-likeness (QED) is 0.750. The van der Waals surface area contributed by atoms with Gasteiger partial charge in [-0.2, -0.15) is 4.80 Å². The average molecular weight is 225 g/mol. The van der Waals surface area contributed by atoms with Crippen LogP contribution in [-0.4, -0.2) is 32.7 Å². The fourth-order valence-electron chi connectivity index (χ4n) is 1.32. The minimum Gasteiger partial charge on any atom is -0.278 e. The van der Waals surface area contributed by atoms with Gasteiger partial charge >= 0.3 is 0 Å². The molecule has 0 fully saturated rings. The number of aromatic nitrogens is 4. The van der Waals surface area contributed by atoms with Crippen molar-refractivity contribution in [2.45, 2.75) is 33.6 Å². The molecule has 0 saturated carbocycles. The zero-order valence-electron chi connectivity index (χ0n) is 10.3. The first kappa shape index (κ1) is 12.6. The van der Waals surface area contributed by atoms with Gasteiger partial charge in [-0.15, -0.1) is 5.10 Å². The Morgan fingerprint density at radius 1 is 1.50 bits per heavy atom. The van der Waals surface area contributed by atoms with Crippen molar-refractivity contribution < 1.29 is 4.79 Å². The second-order valence-corrected chi connectivity index (χ2v) is 4.08. The maximum atomic E-state index is 12.0. The molecule has 0 radical (unpaired) electrons. The summed E-state index contributed by atoms with van der Waals surface area (Å²) in [5, 5.41) is 11.7. The molecule has 1 aromatic rings. The summed E-state index contributed by atoms with van der Waals surface area (Å²) >= 11 is 0. The zero-order valence-corrected chi connectivity index (χ0v) is 10.3. The number of amides is 1. The summed E-state index contributed by atoms with van der Waals surface area (Å²) in [7, 11) is 1.69. The van der Waals surface area contributed by atoms with Crippen LogP contribution in [0.15, 0.2) is 0 Å². The van der Waals surface area contributed by atoms with Gasteiger partial charge in [-0.05, 0) is 11.6 Å². The van der Waals surface area contributed by atoms with E-state index in [-0.39, 0.29) is 11.8 Å². The molecule has 0 aliphatic carbocycles. The standard InChI is InChI=1S/C10H19N5O/c1-5-6-7-15(9(16)8(2)3)10-11-13-14(4)12-10/h8H,5-7H2,1-4H3. The number of hydrogen-bond acceptors (Lipinski definition) is 4. The smallest absolute Gasteiger partial charge is 0.272 e. The van der Waals surface area contributed by atoms with Gasteiger partial charge in [0, 0.05) is 12.5 Å². The molecule has 1 heterocycles. The number of aryl methyl sites for hydroxylation is 1. The lowest BCUT2D eigenvalue weighted by atomic mass is 10.2. The van der Waals surface area contributed by atoms with Gasteiger partial charge in [-0.1, -0.05) is 32.3 Å². The number of hydrogen-bond donors (Lipinski definition) is 0. The minimum absolute atomic E-state index is 0.0430. The van der Waals surface area contributed by atoms with E-state index in [1.54, 1.807) is 11.9 Å². The molecule has 0 aliphatic rings. The van der Waals surface area contributed by atoms with Crippen LogP contribution >= 0.6 is 0 Å². The first-order valence-electron chi connectivity index (χ1n) is 5.61. The summed E-state index contributed by atoms with van der Waals surface area (Å²) in [6.45, 7) is 6.48. The van der Waals surface area contributed by atoms with Crippen LogP contribution in [0.1, 0.15) is 33.6 Å². The van der Waals surface area contributed by atoms with Crippen LogP contribution in [0.5, 0.6) is 0 Å². The van der Waals surface area contributed by atoms with Crippen LogP contribution in [0.3, 0.4) is 0 Å². The third-order valence-corrected chi connectivity index (χ3v) is 2.23. The molecule has 0 N–H and O–H groups in total. The number of carbonyl (C=O) groups excluding carboxylic acids is 1. The normalized spacial score (nSPS) is 10.8. The van der Waals surface area contributed by atoms with E-state index < -0.39 is 0 Å². The molecule has 0 saturated heterocycles. The van der Waals surface area contributed by atoms with Gasteiger partial charge < -0.3 is 0 Å². The Balaban J connectivity index is 2.82. The van der Waals surface area contributed by atoms with E-state index in [1.807, 2.05) is 13.8 Å². The molecule has 0 aromatic carbocycles. The molecule has 1 amide bonds. The van der Waals surface area contributed by atoms with Gasteiger partial charge in [0.05, 0.1) is 7.05 Å². The summed E-state index contributed by atoms with van der Waals surface area (Å²) < 4.78 is 0. The fourth-order valence-corrected chi connectivity index (χ4v) is 1.32. The van der Waals surface area contributed by atoms with Crippen LogP contribution in [0.4, 0.5) is 5.95 Å². The summed E-state index contributed by atoms with van der Waals surface area (Å²) in [4.78, 5) is 14.9. The van der Waals surface area contributed by atoms with Gasteiger partial charge in [0.2, 0.25) is 5.91 Å². The SMILES string of the molecule is CCCCN(C(=O)C(C)C)c1nnn(C)n1. The van der Waals surface area contributed by atoms with E-state index in [2.05, 4.69) is 22.3 Å². The van der Waals surface area contributed by atoms with Crippen LogP contribution < -0.4 is 4.90 Å². The van der Waals surface area contributed by atoms with Gasteiger partial charge in [0.25, 0.3) is 5.95 Å². The minimum atomic E-state index is -0.0549. The first-order valence-corrected chi connectivity index (χ1v) is 5.61. The Hall–Kier alpha value is -1.46. The Morgan fingerprint density at radius 3 is 2.62 bits per heavy atom. The summed E-state index contributed by atoms with van der Waals surface area (Å²) in [6.07, 6.45) is 1.97. The molecule has 6 nitrogen and oxygen atoms in total. The summed E-state index contributed by atoms with van der Waals surface area (Å²) in [5.41, 5.74) is 0. The van der Waals surface area contributed by atoms with Crippen molar-refractivity contribution in [1.29, 1.82) is 0 Å². The molecule has 90 valence electrons. The second-order valence-electron chi connectivity index (χ2n) is 4.08.